The minimum Gasteiger partial charge on any atom is -0.481 e. The minimum atomic E-state index is -5.05. The molecule has 3 N–H and O–H groups in total. The number of rotatable bonds is 3. The monoisotopic (exact) mass is 270 g/mol. The van der Waals surface area contributed by atoms with Gasteiger partial charge in [-0.2, -0.15) is 13.2 Å². The summed E-state index contributed by atoms with van der Waals surface area (Å²) < 4.78 is 62.3. The Morgan fingerprint density at radius 1 is 1.44 bits per heavy atom. The van der Waals surface area contributed by atoms with E-state index in [2.05, 4.69) is 4.98 Å². The summed E-state index contributed by atoms with van der Waals surface area (Å²) in [5.41, 5.74) is 0.838. The van der Waals surface area contributed by atoms with Crippen LogP contribution in [0.1, 0.15) is 23.4 Å². The molecule has 0 saturated heterocycles. The molecule has 1 rings (SSSR count). The van der Waals surface area contributed by atoms with Crippen molar-refractivity contribution < 1.29 is 31.9 Å². The number of nitrogen functional groups attached to an aromatic ring is 1. The summed E-state index contributed by atoms with van der Waals surface area (Å²) in [7, 11) is 0. The molecule has 0 bridgehead atoms. The molecule has 0 spiro atoms. The quantitative estimate of drug-likeness (QED) is 0.826. The van der Waals surface area contributed by atoms with E-state index in [1.165, 1.54) is 0 Å². The number of nitrogens with two attached hydrogens (primary N) is 1. The van der Waals surface area contributed by atoms with Gasteiger partial charge < -0.3 is 10.8 Å². The minimum absolute atomic E-state index is 0.540. The molecule has 4 nitrogen and oxygen atoms in total. The summed E-state index contributed by atoms with van der Waals surface area (Å²) in [5.74, 6) is -1.57. The van der Waals surface area contributed by atoms with E-state index >= 15 is 0 Å². The van der Waals surface area contributed by atoms with Crippen molar-refractivity contribution in [2.24, 2.45) is 0 Å². The standard InChI is InChI=1S/C9H7F5N2O2/c10-8(11)5-2-4(15)3(1-6(17)18)7(16-5)9(12,13)14/h2,8H,1H2,(H2,15,16)(H,17,18). The molecule has 0 aliphatic carbocycles. The van der Waals surface area contributed by atoms with Crippen LogP contribution in [0.4, 0.5) is 27.6 Å². The van der Waals surface area contributed by atoms with Gasteiger partial charge in [0.05, 0.1) is 6.42 Å². The number of hydrogen-bond acceptors (Lipinski definition) is 3. The van der Waals surface area contributed by atoms with Crippen molar-refractivity contribution in [2.75, 3.05) is 5.73 Å². The number of carboxylic acid groups (broad SMARTS) is 1. The second-order valence-corrected chi connectivity index (χ2v) is 3.33. The molecule has 0 aliphatic rings. The van der Waals surface area contributed by atoms with Gasteiger partial charge in [0.1, 0.15) is 5.69 Å². The molecule has 0 atom stereocenters. The highest BCUT2D eigenvalue weighted by Crippen LogP contribution is 2.35. The predicted molar refractivity (Wildman–Crippen MR) is 49.9 cm³/mol. The summed E-state index contributed by atoms with van der Waals surface area (Å²) in [4.78, 5) is 13.2. The number of anilines is 1. The van der Waals surface area contributed by atoms with E-state index in [0.717, 1.165) is 0 Å². The summed E-state index contributed by atoms with van der Waals surface area (Å²) in [6, 6.07) is 0.540. The molecule has 100 valence electrons. The first-order chi connectivity index (χ1) is 8.12. The molecule has 0 amide bonds. The maximum atomic E-state index is 12.6. The molecule has 0 radical (unpaired) electrons. The van der Waals surface area contributed by atoms with Gasteiger partial charge in [-0.3, -0.25) is 4.79 Å². The fourth-order valence-electron chi connectivity index (χ4n) is 1.30. The summed E-state index contributed by atoms with van der Waals surface area (Å²) >= 11 is 0. The number of carboxylic acids is 1. The molecule has 0 unspecified atom stereocenters. The Bertz CT molecular complexity index is 473. The van der Waals surface area contributed by atoms with Gasteiger partial charge >= 0.3 is 12.1 Å². The van der Waals surface area contributed by atoms with Crippen LogP contribution in [0.25, 0.3) is 0 Å². The Morgan fingerprint density at radius 2 is 2.00 bits per heavy atom. The van der Waals surface area contributed by atoms with E-state index in [-0.39, 0.29) is 0 Å². The zero-order valence-corrected chi connectivity index (χ0v) is 8.63. The number of carbonyl (C=O) groups is 1. The average Bonchev–Trinajstić information content (AvgIpc) is 2.17. The highest BCUT2D eigenvalue weighted by Gasteiger charge is 2.37. The number of aromatic nitrogens is 1. The van der Waals surface area contributed by atoms with Gasteiger partial charge in [0.25, 0.3) is 6.43 Å². The van der Waals surface area contributed by atoms with Crippen molar-refractivity contribution in [3.8, 4) is 0 Å². The number of pyridine rings is 1. The van der Waals surface area contributed by atoms with Gasteiger partial charge in [0.15, 0.2) is 5.69 Å². The SMILES string of the molecule is Nc1cc(C(F)F)nc(C(F)(F)F)c1CC(=O)O. The lowest BCUT2D eigenvalue weighted by Gasteiger charge is -2.14. The van der Waals surface area contributed by atoms with Gasteiger partial charge in [-0.25, -0.2) is 13.8 Å². The molecular weight excluding hydrogens is 263 g/mol. The fraction of sp³-hybridized carbons (Fsp3) is 0.333. The summed E-state index contributed by atoms with van der Waals surface area (Å²) in [6.45, 7) is 0. The molecule has 0 aliphatic heterocycles. The second kappa shape index (κ2) is 4.75. The zero-order valence-electron chi connectivity index (χ0n) is 8.63. The topological polar surface area (TPSA) is 76.2 Å². The fourth-order valence-corrected chi connectivity index (χ4v) is 1.30. The highest BCUT2D eigenvalue weighted by molar-refractivity contribution is 5.73. The normalized spacial score (nSPS) is 11.9. The lowest BCUT2D eigenvalue weighted by molar-refractivity contribution is -0.142. The Balaban J connectivity index is 3.45. The number of hydrogen-bond donors (Lipinski definition) is 2. The molecule has 1 aromatic rings. The third kappa shape index (κ3) is 3.05. The molecule has 0 aromatic carbocycles. The maximum absolute atomic E-state index is 12.6. The second-order valence-electron chi connectivity index (χ2n) is 3.33. The van der Waals surface area contributed by atoms with Gasteiger partial charge in [-0.15, -0.1) is 0 Å². The van der Waals surface area contributed by atoms with Gasteiger partial charge in [0, 0.05) is 11.3 Å². The third-order valence-corrected chi connectivity index (χ3v) is 2.00. The van der Waals surface area contributed by atoms with Crippen LogP contribution in [0.5, 0.6) is 0 Å². The first-order valence-corrected chi connectivity index (χ1v) is 4.49. The van der Waals surface area contributed by atoms with Crippen LogP contribution in [0.15, 0.2) is 6.07 Å². The van der Waals surface area contributed by atoms with E-state index in [1.54, 1.807) is 0 Å². The molecule has 9 heteroatoms. The summed E-state index contributed by atoms with van der Waals surface area (Å²) in [6.07, 6.45) is -9.33. The first kappa shape index (κ1) is 14.1. The average molecular weight is 270 g/mol. The molecule has 1 aromatic heterocycles. The van der Waals surface area contributed by atoms with Crippen molar-refractivity contribution in [3.63, 3.8) is 0 Å². The molecule has 0 fully saturated rings. The lowest BCUT2D eigenvalue weighted by atomic mass is 10.1. The lowest BCUT2D eigenvalue weighted by Crippen LogP contribution is -2.18. The Labute approximate surface area is 97.2 Å². The largest absolute Gasteiger partial charge is 0.481 e. The van der Waals surface area contributed by atoms with Crippen molar-refractivity contribution in [1.82, 2.24) is 4.98 Å². The molecule has 1 heterocycles. The van der Waals surface area contributed by atoms with Crippen LogP contribution in [0.3, 0.4) is 0 Å². The Kier molecular flexibility index (Phi) is 3.73. The molecule has 0 saturated carbocycles. The van der Waals surface area contributed by atoms with Crippen LogP contribution in [0.2, 0.25) is 0 Å². The van der Waals surface area contributed by atoms with Gasteiger partial charge in [-0.1, -0.05) is 0 Å². The van der Waals surface area contributed by atoms with Crippen molar-refractivity contribution >= 4 is 11.7 Å². The molecular formula is C9H7F5N2O2. The van der Waals surface area contributed by atoms with Gasteiger partial charge in [0.2, 0.25) is 0 Å². The summed E-state index contributed by atoms with van der Waals surface area (Å²) in [5, 5.41) is 8.46. The number of alkyl halides is 5. The van der Waals surface area contributed by atoms with E-state index in [1.807, 2.05) is 0 Å². The van der Waals surface area contributed by atoms with Crippen molar-refractivity contribution in [2.45, 2.75) is 19.0 Å². The van der Waals surface area contributed by atoms with Crippen molar-refractivity contribution in [1.29, 1.82) is 0 Å². The van der Waals surface area contributed by atoms with Gasteiger partial charge in [-0.05, 0) is 6.07 Å². The van der Waals surface area contributed by atoms with Crippen molar-refractivity contribution in [3.05, 3.63) is 23.0 Å². The Morgan fingerprint density at radius 3 is 2.39 bits per heavy atom. The van der Waals surface area contributed by atoms with Crippen LogP contribution in [0, 0.1) is 0 Å². The van der Waals surface area contributed by atoms with Crippen LogP contribution < -0.4 is 5.73 Å². The van der Waals surface area contributed by atoms with Crippen LogP contribution in [-0.4, -0.2) is 16.1 Å². The smallest absolute Gasteiger partial charge is 0.433 e. The predicted octanol–water partition coefficient (Wildman–Crippen LogP) is 2.25. The van der Waals surface area contributed by atoms with E-state index < -0.39 is 47.6 Å². The van der Waals surface area contributed by atoms with E-state index in [9.17, 15) is 26.7 Å². The number of aliphatic carboxylic acids is 1. The Hall–Kier alpha value is -1.93. The first-order valence-electron chi connectivity index (χ1n) is 4.49. The van der Waals surface area contributed by atoms with Crippen LogP contribution >= 0.6 is 0 Å². The highest BCUT2D eigenvalue weighted by atomic mass is 19.4. The number of nitrogens with zero attached hydrogens (tertiary/aromatic N) is 1. The van der Waals surface area contributed by atoms with Crippen LogP contribution in [-0.2, 0) is 17.4 Å². The molecule has 18 heavy (non-hydrogen) atoms. The van der Waals surface area contributed by atoms with E-state index in [0.29, 0.717) is 6.07 Å². The zero-order chi connectivity index (χ0) is 14.1. The maximum Gasteiger partial charge on any atom is 0.433 e. The third-order valence-electron chi connectivity index (χ3n) is 2.00. The van der Waals surface area contributed by atoms with E-state index in [4.69, 9.17) is 10.8 Å². The number of halogens is 5.